The van der Waals surface area contributed by atoms with Gasteiger partial charge in [-0.25, -0.2) is 0 Å². The summed E-state index contributed by atoms with van der Waals surface area (Å²) in [6, 6.07) is 10.9. The van der Waals surface area contributed by atoms with Gasteiger partial charge in [-0.1, -0.05) is 28.8 Å². The highest BCUT2D eigenvalue weighted by Crippen LogP contribution is 2.22. The average molecular weight is 350 g/mol. The molecule has 0 unspecified atom stereocenters. The quantitative estimate of drug-likeness (QED) is 0.761. The number of aromatic nitrogens is 2. The molecule has 0 spiro atoms. The summed E-state index contributed by atoms with van der Waals surface area (Å²) in [5, 5.41) is 10.3. The molecule has 118 valence electrons. The van der Waals surface area contributed by atoms with Gasteiger partial charge in [-0.2, -0.15) is 0 Å². The molecular formula is C15H12ClN3O3S. The fraction of sp³-hybridized carbons (Fsp3) is 0.133. The number of thiophene rings is 1. The van der Waals surface area contributed by atoms with Crippen molar-refractivity contribution in [3.63, 3.8) is 0 Å². The highest BCUT2D eigenvalue weighted by Gasteiger charge is 2.13. The number of nitrogens with one attached hydrogen (secondary N) is 1. The molecule has 2 aromatic heterocycles. The Morgan fingerprint density at radius 3 is 2.70 bits per heavy atom. The summed E-state index contributed by atoms with van der Waals surface area (Å²) in [4.78, 5) is 12.4. The minimum atomic E-state index is -0.332. The van der Waals surface area contributed by atoms with Crippen LogP contribution in [0, 0.1) is 0 Å². The molecule has 0 saturated heterocycles. The Bertz CT molecular complexity index is 813. The van der Waals surface area contributed by atoms with E-state index in [9.17, 15) is 4.79 Å². The maximum atomic E-state index is 12.0. The normalized spacial score (nSPS) is 10.5. The van der Waals surface area contributed by atoms with Crippen molar-refractivity contribution in [1.82, 2.24) is 10.2 Å². The second kappa shape index (κ2) is 6.80. The minimum absolute atomic E-state index is 0.0584. The molecule has 23 heavy (non-hydrogen) atoms. The topological polar surface area (TPSA) is 77.3 Å². The van der Waals surface area contributed by atoms with Gasteiger partial charge in [0.15, 0.2) is 0 Å². The van der Waals surface area contributed by atoms with E-state index >= 15 is 0 Å². The van der Waals surface area contributed by atoms with E-state index in [1.54, 1.807) is 19.2 Å². The number of carbonyl (C=O) groups excluding carboxylic acids is 1. The van der Waals surface area contributed by atoms with E-state index in [1.165, 1.54) is 11.3 Å². The standard InChI is InChI=1S/C15H12ClN3O3S/c1-21-10-4-2-9(3-5-10)8-13-18-19-15(22-13)17-14(20)11-6-7-12(16)23-11/h2-7H,8H2,1H3,(H,17,19,20). The first-order valence-corrected chi connectivity index (χ1v) is 7.85. The van der Waals surface area contributed by atoms with Gasteiger partial charge in [-0.05, 0) is 29.8 Å². The maximum Gasteiger partial charge on any atom is 0.322 e. The van der Waals surface area contributed by atoms with E-state index in [4.69, 9.17) is 20.8 Å². The zero-order chi connectivity index (χ0) is 16.2. The van der Waals surface area contributed by atoms with Crippen molar-refractivity contribution in [3.8, 4) is 5.75 Å². The van der Waals surface area contributed by atoms with Crippen LogP contribution >= 0.6 is 22.9 Å². The summed E-state index contributed by atoms with van der Waals surface area (Å²) in [6.07, 6.45) is 0.470. The van der Waals surface area contributed by atoms with E-state index in [-0.39, 0.29) is 11.9 Å². The van der Waals surface area contributed by atoms with Gasteiger partial charge in [0.25, 0.3) is 5.91 Å². The number of nitrogens with zero attached hydrogens (tertiary/aromatic N) is 2. The van der Waals surface area contributed by atoms with Gasteiger partial charge in [0.2, 0.25) is 5.89 Å². The zero-order valence-corrected chi connectivity index (χ0v) is 13.6. The number of methoxy groups -OCH3 is 1. The molecule has 1 aromatic carbocycles. The number of anilines is 1. The maximum absolute atomic E-state index is 12.0. The Labute approximate surface area is 141 Å². The summed E-state index contributed by atoms with van der Waals surface area (Å²) < 4.78 is 11.1. The molecule has 0 bridgehead atoms. The van der Waals surface area contributed by atoms with Crippen LogP contribution in [0.2, 0.25) is 4.34 Å². The Hall–Kier alpha value is -2.38. The first-order chi connectivity index (χ1) is 11.1. The highest BCUT2D eigenvalue weighted by atomic mass is 35.5. The number of benzene rings is 1. The van der Waals surface area contributed by atoms with E-state index in [1.807, 2.05) is 24.3 Å². The number of carbonyl (C=O) groups is 1. The number of hydrogen-bond donors (Lipinski definition) is 1. The van der Waals surface area contributed by atoms with Crippen LogP contribution in [0.4, 0.5) is 6.01 Å². The molecule has 0 aliphatic carbocycles. The lowest BCUT2D eigenvalue weighted by atomic mass is 10.1. The van der Waals surface area contributed by atoms with Crippen LogP contribution in [0.15, 0.2) is 40.8 Å². The van der Waals surface area contributed by atoms with Crippen LogP contribution in [0.25, 0.3) is 0 Å². The van der Waals surface area contributed by atoms with Crippen LogP contribution in [0.5, 0.6) is 5.75 Å². The predicted molar refractivity (Wildman–Crippen MR) is 87.4 cm³/mol. The fourth-order valence-corrected chi connectivity index (χ4v) is 2.83. The summed E-state index contributed by atoms with van der Waals surface area (Å²) in [6.45, 7) is 0. The molecule has 3 rings (SSSR count). The molecule has 3 aromatic rings. The van der Waals surface area contributed by atoms with Crippen molar-refractivity contribution in [3.05, 3.63) is 57.1 Å². The Morgan fingerprint density at radius 1 is 1.26 bits per heavy atom. The van der Waals surface area contributed by atoms with Crippen molar-refractivity contribution < 1.29 is 13.9 Å². The Kier molecular flexibility index (Phi) is 4.59. The second-order valence-corrected chi connectivity index (χ2v) is 6.30. The van der Waals surface area contributed by atoms with E-state index in [2.05, 4.69) is 15.5 Å². The lowest BCUT2D eigenvalue weighted by Crippen LogP contribution is -2.10. The number of rotatable bonds is 5. The van der Waals surface area contributed by atoms with Crippen molar-refractivity contribution in [2.75, 3.05) is 12.4 Å². The van der Waals surface area contributed by atoms with Crippen molar-refractivity contribution in [2.24, 2.45) is 0 Å². The van der Waals surface area contributed by atoms with Gasteiger partial charge in [0, 0.05) is 0 Å². The monoisotopic (exact) mass is 349 g/mol. The highest BCUT2D eigenvalue weighted by molar-refractivity contribution is 7.18. The molecular weight excluding hydrogens is 338 g/mol. The van der Waals surface area contributed by atoms with Crippen LogP contribution in [0.1, 0.15) is 21.1 Å². The lowest BCUT2D eigenvalue weighted by molar-refractivity contribution is 0.102. The minimum Gasteiger partial charge on any atom is -0.497 e. The van der Waals surface area contributed by atoms with Gasteiger partial charge in [-0.15, -0.1) is 16.4 Å². The molecule has 1 N–H and O–H groups in total. The number of halogens is 1. The van der Waals surface area contributed by atoms with Gasteiger partial charge in [0.1, 0.15) is 5.75 Å². The first kappa shape index (κ1) is 15.5. The third-order valence-electron chi connectivity index (χ3n) is 3.00. The third kappa shape index (κ3) is 3.88. The van der Waals surface area contributed by atoms with E-state index < -0.39 is 0 Å². The number of ether oxygens (including phenoxy) is 1. The first-order valence-electron chi connectivity index (χ1n) is 6.66. The van der Waals surface area contributed by atoms with Crippen LogP contribution in [0.3, 0.4) is 0 Å². The van der Waals surface area contributed by atoms with E-state index in [0.717, 1.165) is 11.3 Å². The van der Waals surface area contributed by atoms with Crippen molar-refractivity contribution in [1.29, 1.82) is 0 Å². The molecule has 0 aliphatic heterocycles. The molecule has 8 heteroatoms. The summed E-state index contributed by atoms with van der Waals surface area (Å²) >= 11 is 6.98. The fourth-order valence-electron chi connectivity index (χ4n) is 1.89. The molecule has 0 fully saturated rings. The van der Waals surface area contributed by atoms with Crippen LogP contribution in [-0.2, 0) is 6.42 Å². The van der Waals surface area contributed by atoms with Gasteiger partial charge >= 0.3 is 6.01 Å². The van der Waals surface area contributed by atoms with Gasteiger partial charge in [0.05, 0.1) is 22.7 Å². The molecule has 0 radical (unpaired) electrons. The molecule has 0 atom stereocenters. The SMILES string of the molecule is COc1ccc(Cc2nnc(NC(=O)c3ccc(Cl)s3)o2)cc1. The molecule has 0 saturated carbocycles. The predicted octanol–water partition coefficient (Wildman–Crippen LogP) is 3.64. The van der Waals surface area contributed by atoms with Crippen LogP contribution in [-0.4, -0.2) is 23.2 Å². The Morgan fingerprint density at radius 2 is 2.04 bits per heavy atom. The zero-order valence-electron chi connectivity index (χ0n) is 12.1. The largest absolute Gasteiger partial charge is 0.497 e. The lowest BCUT2D eigenvalue weighted by Gasteiger charge is -2.00. The molecule has 0 aliphatic rings. The molecule has 2 heterocycles. The summed E-state index contributed by atoms with van der Waals surface area (Å²) in [5.41, 5.74) is 0.998. The Balaban J connectivity index is 1.64. The average Bonchev–Trinajstić information content (AvgIpc) is 3.17. The number of hydrogen-bond acceptors (Lipinski definition) is 6. The van der Waals surface area contributed by atoms with Crippen LogP contribution < -0.4 is 10.1 Å². The third-order valence-corrected chi connectivity index (χ3v) is 4.23. The molecule has 1 amide bonds. The molecule has 6 nitrogen and oxygen atoms in total. The van der Waals surface area contributed by atoms with Crippen molar-refractivity contribution >= 4 is 34.9 Å². The second-order valence-electron chi connectivity index (χ2n) is 4.58. The van der Waals surface area contributed by atoms with E-state index in [0.29, 0.717) is 21.5 Å². The smallest absolute Gasteiger partial charge is 0.322 e. The van der Waals surface area contributed by atoms with Gasteiger partial charge in [-0.3, -0.25) is 10.1 Å². The van der Waals surface area contributed by atoms with Gasteiger partial charge < -0.3 is 9.15 Å². The number of amides is 1. The van der Waals surface area contributed by atoms with Crippen molar-refractivity contribution in [2.45, 2.75) is 6.42 Å². The summed E-state index contributed by atoms with van der Waals surface area (Å²) in [7, 11) is 1.61. The summed E-state index contributed by atoms with van der Waals surface area (Å²) in [5.74, 6) is 0.859.